The van der Waals surface area contributed by atoms with E-state index in [0.717, 1.165) is 20.1 Å². The van der Waals surface area contributed by atoms with Gasteiger partial charge in [0.15, 0.2) is 36.6 Å². The Balaban J connectivity index is 0.000000340. The van der Waals surface area contributed by atoms with Gasteiger partial charge in [0.2, 0.25) is 0 Å². The van der Waals surface area contributed by atoms with Crippen molar-refractivity contribution < 1.29 is 28.4 Å². The van der Waals surface area contributed by atoms with Crippen molar-refractivity contribution in [3.63, 3.8) is 0 Å². The second-order valence-electron chi connectivity index (χ2n) is 7.09. The smallest absolute Gasteiger partial charge is 0.188 e. The van der Waals surface area contributed by atoms with Crippen molar-refractivity contribution in [2.45, 2.75) is 20.8 Å². The Labute approximate surface area is 228 Å². The van der Waals surface area contributed by atoms with E-state index in [1.54, 1.807) is 44.7 Å². The van der Waals surface area contributed by atoms with Crippen molar-refractivity contribution in [2.24, 2.45) is 0 Å². The number of benzene rings is 2. The lowest BCUT2D eigenvalue weighted by Gasteiger charge is -2.14. The monoisotopic (exact) mass is 640 g/mol. The lowest BCUT2D eigenvalue weighted by atomic mass is 10.3. The molecule has 0 N–H and O–H groups in total. The molecule has 0 aliphatic heterocycles. The Bertz CT molecular complexity index is 978. The minimum atomic E-state index is 0.116. The van der Waals surface area contributed by atoms with Crippen LogP contribution in [0.5, 0.6) is 23.0 Å². The van der Waals surface area contributed by atoms with Crippen LogP contribution in [-0.4, -0.2) is 34.4 Å². The van der Waals surface area contributed by atoms with Crippen LogP contribution in [0, 0.1) is 0 Å². The molecule has 2 aromatic rings. The molecule has 6 nitrogen and oxygen atoms in total. The summed E-state index contributed by atoms with van der Waals surface area (Å²) in [7, 11) is 3.09. The number of halogens is 4. The van der Waals surface area contributed by atoms with Crippen LogP contribution in [0.25, 0.3) is 0 Å². The quantitative estimate of drug-likeness (QED) is 0.139. The molecule has 0 aliphatic carbocycles. The number of ether oxygens (including phenoxy) is 6. The van der Waals surface area contributed by atoms with E-state index in [9.17, 15) is 0 Å². The van der Waals surface area contributed by atoms with Crippen LogP contribution in [0.3, 0.4) is 0 Å². The van der Waals surface area contributed by atoms with Crippen LogP contribution in [0.2, 0.25) is 10.0 Å². The van der Waals surface area contributed by atoms with Gasteiger partial charge in [-0.05, 0) is 56.2 Å². The molecule has 0 fully saturated rings. The minimum Gasteiger partial charge on any atom is -0.485 e. The Kier molecular flexibility index (Phi) is 14.7. The molecular weight excluding hydrogens is 615 g/mol. The van der Waals surface area contributed by atoms with E-state index in [1.165, 1.54) is 0 Å². The zero-order valence-electron chi connectivity index (χ0n) is 19.7. The Hall–Kier alpha value is -1.42. The number of allylic oxidation sites excluding steroid dienone is 1. The van der Waals surface area contributed by atoms with E-state index in [2.05, 4.69) is 38.4 Å². The minimum absolute atomic E-state index is 0.116. The van der Waals surface area contributed by atoms with Crippen molar-refractivity contribution >= 4 is 55.1 Å². The summed E-state index contributed by atoms with van der Waals surface area (Å²) < 4.78 is 33.2. The number of hydrogen-bond acceptors (Lipinski definition) is 6. The van der Waals surface area contributed by atoms with Gasteiger partial charge in [-0.3, -0.25) is 0 Å². The van der Waals surface area contributed by atoms with Gasteiger partial charge in [-0.15, -0.1) is 0 Å². The summed E-state index contributed by atoms with van der Waals surface area (Å²) in [6.07, 6.45) is 1.64. The molecule has 0 spiro atoms. The normalized spacial score (nSPS) is 10.0. The van der Waals surface area contributed by atoms with E-state index in [-0.39, 0.29) is 13.6 Å². The predicted molar refractivity (Wildman–Crippen MR) is 144 cm³/mol. The molecule has 0 bridgehead atoms. The van der Waals surface area contributed by atoms with Gasteiger partial charge in [-0.1, -0.05) is 61.6 Å². The molecule has 0 aromatic heterocycles. The fourth-order valence-electron chi connectivity index (χ4n) is 2.17. The zero-order valence-corrected chi connectivity index (χ0v) is 24.4. The second kappa shape index (κ2) is 16.3. The predicted octanol–water partition coefficient (Wildman–Crippen LogP) is 8.43. The molecule has 188 valence electrons. The first kappa shape index (κ1) is 30.6. The van der Waals surface area contributed by atoms with E-state index < -0.39 is 0 Å². The number of hydrogen-bond donors (Lipinski definition) is 0. The standard InChI is InChI=1S/2C12H14BrClO3/c2*1-8(2)6-16-11-5-9(13)4-10(14)12(11)17-7-15-3/h4-6H,7H2,1-3H3;4-5H,1,6-7H2,2-3H3. The lowest BCUT2D eigenvalue weighted by molar-refractivity contribution is 0.0488. The number of methoxy groups -OCH3 is 2. The summed E-state index contributed by atoms with van der Waals surface area (Å²) in [5.74, 6) is 2.04. The van der Waals surface area contributed by atoms with E-state index >= 15 is 0 Å². The highest BCUT2D eigenvalue weighted by atomic mass is 79.9. The van der Waals surface area contributed by atoms with Crippen molar-refractivity contribution in [2.75, 3.05) is 34.4 Å². The summed E-state index contributed by atoms with van der Waals surface area (Å²) in [6.45, 7) is 10.2. The van der Waals surface area contributed by atoms with Gasteiger partial charge >= 0.3 is 0 Å². The van der Waals surface area contributed by atoms with Gasteiger partial charge in [0.05, 0.1) is 16.3 Å². The number of rotatable bonds is 11. The van der Waals surface area contributed by atoms with Crippen LogP contribution in [0.15, 0.2) is 57.2 Å². The maximum Gasteiger partial charge on any atom is 0.188 e. The molecule has 0 atom stereocenters. The topological polar surface area (TPSA) is 55.4 Å². The molecule has 0 saturated carbocycles. The average molecular weight is 643 g/mol. The van der Waals surface area contributed by atoms with Crippen LogP contribution < -0.4 is 18.9 Å². The summed E-state index contributed by atoms with van der Waals surface area (Å²) in [4.78, 5) is 0. The third-order valence-corrected chi connectivity index (χ3v) is 4.96. The van der Waals surface area contributed by atoms with Crippen molar-refractivity contribution in [1.82, 2.24) is 0 Å². The first-order valence-corrected chi connectivity index (χ1v) is 12.2. The van der Waals surface area contributed by atoms with Crippen molar-refractivity contribution in [3.8, 4) is 23.0 Å². The van der Waals surface area contributed by atoms with E-state index in [4.69, 9.17) is 51.6 Å². The molecule has 10 heteroatoms. The van der Waals surface area contributed by atoms with Crippen molar-refractivity contribution in [3.05, 3.63) is 67.2 Å². The van der Waals surface area contributed by atoms with Crippen molar-refractivity contribution in [1.29, 1.82) is 0 Å². The highest BCUT2D eigenvalue weighted by molar-refractivity contribution is 9.10. The first-order chi connectivity index (χ1) is 16.1. The highest BCUT2D eigenvalue weighted by Gasteiger charge is 2.13. The summed E-state index contributed by atoms with van der Waals surface area (Å²) in [5, 5.41) is 0.932. The third-order valence-electron chi connectivity index (χ3n) is 3.49. The maximum atomic E-state index is 6.07. The van der Waals surface area contributed by atoms with Gasteiger partial charge in [0, 0.05) is 23.2 Å². The molecule has 0 heterocycles. The SMILES string of the molecule is C=C(C)COc1cc(Br)cc(Cl)c1OCOC.COCOc1c(Cl)cc(Br)cc1OC=C(C)C. The van der Waals surface area contributed by atoms with Crippen LogP contribution in [-0.2, 0) is 9.47 Å². The van der Waals surface area contributed by atoms with Gasteiger partial charge in [0.25, 0.3) is 0 Å². The fourth-order valence-corrected chi connectivity index (χ4v) is 3.83. The maximum absolute atomic E-state index is 6.07. The summed E-state index contributed by atoms with van der Waals surface area (Å²) in [6, 6.07) is 7.05. The largest absolute Gasteiger partial charge is 0.485 e. The molecule has 2 aromatic carbocycles. The second-order valence-corrected chi connectivity index (χ2v) is 9.74. The molecular formula is C24H28Br2Cl2O6. The Morgan fingerprint density at radius 1 is 0.824 bits per heavy atom. The van der Waals surface area contributed by atoms with E-state index in [0.29, 0.717) is 39.7 Å². The molecule has 0 saturated heterocycles. The van der Waals surface area contributed by atoms with Crippen LogP contribution in [0.1, 0.15) is 20.8 Å². The van der Waals surface area contributed by atoms with Gasteiger partial charge in [-0.25, -0.2) is 0 Å². The third kappa shape index (κ3) is 11.3. The van der Waals surface area contributed by atoms with Gasteiger partial charge < -0.3 is 28.4 Å². The fraction of sp³-hybridized carbons (Fsp3) is 0.333. The first-order valence-electron chi connectivity index (χ1n) is 9.87. The zero-order chi connectivity index (χ0) is 25.7. The van der Waals surface area contributed by atoms with Gasteiger partial charge in [0.1, 0.15) is 6.61 Å². The molecule has 34 heavy (non-hydrogen) atoms. The Morgan fingerprint density at radius 3 is 1.74 bits per heavy atom. The summed E-state index contributed by atoms with van der Waals surface area (Å²) in [5.41, 5.74) is 1.96. The lowest BCUT2D eigenvalue weighted by Crippen LogP contribution is -2.04. The highest BCUT2D eigenvalue weighted by Crippen LogP contribution is 2.39. The molecule has 0 radical (unpaired) electrons. The van der Waals surface area contributed by atoms with E-state index in [1.807, 2.05) is 20.8 Å². The Morgan fingerprint density at radius 2 is 1.29 bits per heavy atom. The van der Waals surface area contributed by atoms with Crippen LogP contribution >= 0.6 is 55.1 Å². The molecule has 0 amide bonds. The molecule has 0 aliphatic rings. The average Bonchev–Trinajstić information content (AvgIpc) is 2.75. The van der Waals surface area contributed by atoms with Gasteiger partial charge in [-0.2, -0.15) is 0 Å². The molecule has 2 rings (SSSR count). The molecule has 0 unspecified atom stereocenters. The van der Waals surface area contributed by atoms with Crippen LogP contribution in [0.4, 0.5) is 0 Å². The summed E-state index contributed by atoms with van der Waals surface area (Å²) >= 11 is 18.8.